The standard InChI is InChI=1S/C11H13N3O.C7H9N.C5H11N.2CH4/c1-4-14-11-10(6-13-14)7(2)9(5-12-11)8(3)15;8-6-7-4-2-1-3-5-7;6-5-3-1-2-4-5;;/h5-6H,4H2,1-3H3;1-5H,6,8H2;5H,1-4,6H2;2*1H4. The Balaban J connectivity index is 0.000000476. The summed E-state index contributed by atoms with van der Waals surface area (Å²) in [4.78, 5) is 15.6. The van der Waals surface area contributed by atoms with Crippen molar-refractivity contribution in [1.29, 1.82) is 0 Å². The van der Waals surface area contributed by atoms with Gasteiger partial charge in [0.2, 0.25) is 0 Å². The van der Waals surface area contributed by atoms with Gasteiger partial charge in [0.25, 0.3) is 0 Å². The van der Waals surface area contributed by atoms with Crippen LogP contribution in [0.4, 0.5) is 0 Å². The van der Waals surface area contributed by atoms with Gasteiger partial charge >= 0.3 is 0 Å². The van der Waals surface area contributed by atoms with E-state index in [1.807, 2.05) is 48.9 Å². The average molecular weight is 428 g/mol. The smallest absolute Gasteiger partial charge is 0.161 e. The van der Waals surface area contributed by atoms with Gasteiger partial charge in [-0.15, -0.1) is 0 Å². The van der Waals surface area contributed by atoms with Gasteiger partial charge < -0.3 is 11.5 Å². The fourth-order valence-corrected chi connectivity index (χ4v) is 3.31. The van der Waals surface area contributed by atoms with Crippen LogP contribution in [0, 0.1) is 6.92 Å². The van der Waals surface area contributed by atoms with Crippen LogP contribution in [0.1, 0.15) is 75.9 Å². The van der Waals surface area contributed by atoms with Crippen molar-refractivity contribution in [1.82, 2.24) is 14.8 Å². The summed E-state index contributed by atoms with van der Waals surface area (Å²) in [5.74, 6) is 0.0474. The summed E-state index contributed by atoms with van der Waals surface area (Å²) in [6.07, 6.45) is 8.66. The van der Waals surface area contributed by atoms with E-state index in [9.17, 15) is 4.79 Å². The molecule has 31 heavy (non-hydrogen) atoms. The van der Waals surface area contributed by atoms with Gasteiger partial charge in [0.05, 0.1) is 6.20 Å². The molecular formula is C25H41N5O. The largest absolute Gasteiger partial charge is 0.328 e. The normalized spacial score (nSPS) is 12.5. The second-order valence-corrected chi connectivity index (χ2v) is 7.28. The van der Waals surface area contributed by atoms with Gasteiger partial charge in [-0.05, 0) is 44.7 Å². The molecule has 1 aliphatic carbocycles. The van der Waals surface area contributed by atoms with Crippen LogP contribution in [0.15, 0.2) is 42.7 Å². The summed E-state index contributed by atoms with van der Waals surface area (Å²) >= 11 is 0. The molecule has 4 N–H and O–H groups in total. The van der Waals surface area contributed by atoms with Gasteiger partial charge in [-0.1, -0.05) is 58.0 Å². The molecule has 2 aromatic heterocycles. The number of ketones is 1. The van der Waals surface area contributed by atoms with Crippen molar-refractivity contribution in [2.24, 2.45) is 11.5 Å². The highest BCUT2D eigenvalue weighted by atomic mass is 16.1. The molecule has 0 atom stereocenters. The highest BCUT2D eigenvalue weighted by Gasteiger charge is 2.11. The number of hydrogen-bond donors (Lipinski definition) is 2. The van der Waals surface area contributed by atoms with Crippen molar-refractivity contribution in [3.05, 3.63) is 59.4 Å². The van der Waals surface area contributed by atoms with Crippen LogP contribution in [0.2, 0.25) is 0 Å². The zero-order chi connectivity index (χ0) is 21.2. The van der Waals surface area contributed by atoms with E-state index in [1.54, 1.807) is 19.3 Å². The van der Waals surface area contributed by atoms with Crippen LogP contribution < -0.4 is 11.5 Å². The van der Waals surface area contributed by atoms with Crippen LogP contribution in [0.25, 0.3) is 11.0 Å². The number of benzene rings is 1. The molecule has 2 heterocycles. The molecule has 0 radical (unpaired) electrons. The molecule has 1 aliphatic rings. The molecular weight excluding hydrogens is 386 g/mol. The minimum Gasteiger partial charge on any atom is -0.328 e. The maximum Gasteiger partial charge on any atom is 0.161 e. The van der Waals surface area contributed by atoms with Crippen LogP contribution >= 0.6 is 0 Å². The Bertz CT molecular complexity index is 899. The number of aromatic nitrogens is 3. The summed E-state index contributed by atoms with van der Waals surface area (Å²) in [5.41, 5.74) is 14.6. The van der Waals surface area contributed by atoms with Crippen molar-refractivity contribution >= 4 is 16.8 Å². The topological polar surface area (TPSA) is 99.8 Å². The Labute approximate surface area is 188 Å². The Kier molecular flexibility index (Phi) is 13.2. The molecule has 0 spiro atoms. The lowest BCUT2D eigenvalue weighted by Gasteiger charge is -2.03. The second kappa shape index (κ2) is 14.4. The number of rotatable bonds is 3. The SMILES string of the molecule is C.C.CCn1ncc2c(C)c(C(C)=O)cnc21.NC1CCCC1.NCc1ccccc1. The maximum atomic E-state index is 11.3. The molecule has 6 nitrogen and oxygen atoms in total. The summed E-state index contributed by atoms with van der Waals surface area (Å²) in [7, 11) is 0. The van der Waals surface area contributed by atoms with Crippen molar-refractivity contribution in [2.75, 3.05) is 0 Å². The van der Waals surface area contributed by atoms with Gasteiger partial charge in [-0.2, -0.15) is 5.10 Å². The molecule has 3 aromatic rings. The highest BCUT2D eigenvalue weighted by Crippen LogP contribution is 2.19. The van der Waals surface area contributed by atoms with Crippen molar-refractivity contribution < 1.29 is 4.79 Å². The lowest BCUT2D eigenvalue weighted by atomic mass is 10.1. The Morgan fingerprint density at radius 3 is 2.16 bits per heavy atom. The third kappa shape index (κ3) is 8.23. The third-order valence-corrected chi connectivity index (χ3v) is 5.09. The van der Waals surface area contributed by atoms with Crippen molar-refractivity contribution in [2.45, 2.75) is 80.4 Å². The zero-order valence-electron chi connectivity index (χ0n) is 17.8. The molecule has 4 rings (SSSR count). The first-order valence-corrected chi connectivity index (χ1v) is 10.3. The second-order valence-electron chi connectivity index (χ2n) is 7.28. The molecule has 1 fully saturated rings. The fraction of sp³-hybridized carbons (Fsp3) is 0.480. The Morgan fingerprint density at radius 1 is 1.13 bits per heavy atom. The summed E-state index contributed by atoms with van der Waals surface area (Å²) in [6.45, 7) is 6.93. The van der Waals surface area contributed by atoms with E-state index in [-0.39, 0.29) is 20.6 Å². The van der Waals surface area contributed by atoms with E-state index in [2.05, 4.69) is 10.1 Å². The minimum absolute atomic E-state index is 0. The number of hydrogen-bond acceptors (Lipinski definition) is 5. The minimum atomic E-state index is 0. The first kappa shape index (κ1) is 28.4. The van der Waals surface area contributed by atoms with E-state index in [4.69, 9.17) is 11.5 Å². The molecule has 0 aliphatic heterocycles. The first-order chi connectivity index (χ1) is 14.0. The van der Waals surface area contributed by atoms with Crippen molar-refractivity contribution in [3.63, 3.8) is 0 Å². The van der Waals surface area contributed by atoms with Crippen LogP contribution in [0.5, 0.6) is 0 Å². The van der Waals surface area contributed by atoms with Crippen LogP contribution in [0.3, 0.4) is 0 Å². The van der Waals surface area contributed by atoms with Crippen LogP contribution in [-0.2, 0) is 13.1 Å². The average Bonchev–Trinajstić information content (AvgIpc) is 3.38. The molecule has 0 amide bonds. The number of pyridine rings is 1. The van der Waals surface area contributed by atoms with Gasteiger partial charge in [-0.25, -0.2) is 9.67 Å². The molecule has 6 heteroatoms. The van der Waals surface area contributed by atoms with E-state index >= 15 is 0 Å². The Morgan fingerprint density at radius 2 is 1.74 bits per heavy atom. The summed E-state index contributed by atoms with van der Waals surface area (Å²) in [5, 5.41) is 5.18. The van der Waals surface area contributed by atoms with Crippen LogP contribution in [-0.4, -0.2) is 26.6 Å². The molecule has 0 saturated heterocycles. The van der Waals surface area contributed by atoms with E-state index in [0.717, 1.165) is 23.1 Å². The predicted molar refractivity (Wildman–Crippen MR) is 132 cm³/mol. The predicted octanol–water partition coefficient (Wildman–Crippen LogP) is 5.27. The number of nitrogens with two attached hydrogens (primary N) is 2. The molecule has 0 bridgehead atoms. The van der Waals surface area contributed by atoms with E-state index in [1.165, 1.54) is 31.2 Å². The van der Waals surface area contributed by atoms with E-state index in [0.29, 0.717) is 18.2 Å². The third-order valence-electron chi connectivity index (χ3n) is 5.09. The first-order valence-electron chi connectivity index (χ1n) is 10.3. The van der Waals surface area contributed by atoms with Gasteiger partial charge in [0, 0.05) is 36.3 Å². The summed E-state index contributed by atoms with van der Waals surface area (Å²) in [6, 6.07) is 10.5. The maximum absolute atomic E-state index is 11.3. The lowest BCUT2D eigenvalue weighted by molar-refractivity contribution is 0.101. The molecule has 172 valence electrons. The Hall–Kier alpha value is -2.57. The van der Waals surface area contributed by atoms with Gasteiger partial charge in [0.15, 0.2) is 11.4 Å². The van der Waals surface area contributed by atoms with Gasteiger partial charge in [0.1, 0.15) is 0 Å². The monoisotopic (exact) mass is 427 g/mol. The number of carbonyl (C=O) groups is 1. The highest BCUT2D eigenvalue weighted by molar-refractivity contribution is 5.99. The zero-order valence-corrected chi connectivity index (χ0v) is 17.8. The number of aryl methyl sites for hydroxylation is 2. The fourth-order valence-electron chi connectivity index (χ4n) is 3.31. The summed E-state index contributed by atoms with van der Waals surface area (Å²) < 4.78 is 1.83. The lowest BCUT2D eigenvalue weighted by Crippen LogP contribution is -2.13. The van der Waals surface area contributed by atoms with Gasteiger partial charge in [-0.3, -0.25) is 4.79 Å². The number of fused-ring (bicyclic) bond motifs is 1. The number of carbonyl (C=O) groups excluding carboxylic acids is 1. The van der Waals surface area contributed by atoms with E-state index < -0.39 is 0 Å². The molecule has 1 saturated carbocycles. The quantitative estimate of drug-likeness (QED) is 0.555. The molecule has 0 unspecified atom stereocenters. The number of Topliss-reactive ketones (excluding diaryl/α,β-unsaturated/α-hetero) is 1. The number of nitrogens with zero attached hydrogens (tertiary/aromatic N) is 3. The van der Waals surface area contributed by atoms with Crippen molar-refractivity contribution in [3.8, 4) is 0 Å². The molecule has 1 aromatic carbocycles.